The predicted octanol–water partition coefficient (Wildman–Crippen LogP) is 1.11. The molecule has 13 heavy (non-hydrogen) atoms. The van der Waals surface area contributed by atoms with Gasteiger partial charge in [0.25, 0.3) is 0 Å². The third-order valence-corrected chi connectivity index (χ3v) is 1.76. The van der Waals surface area contributed by atoms with Crippen molar-refractivity contribution in [3.63, 3.8) is 0 Å². The van der Waals surface area contributed by atoms with Gasteiger partial charge in [0.05, 0.1) is 29.5 Å². The third-order valence-electron chi connectivity index (χ3n) is 1.76. The zero-order valence-corrected chi connectivity index (χ0v) is 6.94. The lowest BCUT2D eigenvalue weighted by Crippen LogP contribution is -2.08. The molecule has 2 rings (SSSR count). The summed E-state index contributed by atoms with van der Waals surface area (Å²) in [6, 6.07) is 7.62. The molecule has 0 spiro atoms. The number of nitrogens with zero attached hydrogens (tertiary/aromatic N) is 2. The maximum Gasteiger partial charge on any atom is 0.0890 e. The van der Waals surface area contributed by atoms with Crippen LogP contribution in [0.3, 0.4) is 0 Å². The van der Waals surface area contributed by atoms with Gasteiger partial charge in [-0.2, -0.15) is 5.48 Å². The Labute approximate surface area is 75.2 Å². The van der Waals surface area contributed by atoms with Crippen LogP contribution < -0.4 is 5.48 Å². The van der Waals surface area contributed by atoms with Gasteiger partial charge in [-0.25, -0.2) is 4.98 Å². The highest BCUT2D eigenvalue weighted by atomic mass is 16.5. The second kappa shape index (κ2) is 3.47. The minimum atomic E-state index is 0.317. The van der Waals surface area contributed by atoms with E-state index < -0.39 is 0 Å². The molecule has 0 aliphatic carbocycles. The lowest BCUT2D eigenvalue weighted by atomic mass is 10.3. The first-order chi connectivity index (χ1) is 6.40. The van der Waals surface area contributed by atoms with Crippen LogP contribution >= 0.6 is 0 Å². The molecule has 0 saturated carbocycles. The lowest BCUT2D eigenvalue weighted by molar-refractivity contribution is 0.160. The van der Waals surface area contributed by atoms with E-state index in [2.05, 4.69) is 9.97 Å². The van der Waals surface area contributed by atoms with Gasteiger partial charge in [-0.3, -0.25) is 4.98 Å². The average molecular weight is 175 g/mol. The maximum absolute atomic E-state index is 8.47. The fraction of sp³-hybridized carbons (Fsp3) is 0.111. The van der Waals surface area contributed by atoms with Crippen LogP contribution in [0.1, 0.15) is 5.69 Å². The highest BCUT2D eigenvalue weighted by molar-refractivity contribution is 5.73. The average Bonchev–Trinajstić information content (AvgIpc) is 2.18. The first-order valence-corrected chi connectivity index (χ1v) is 3.98. The van der Waals surface area contributed by atoms with E-state index in [-0.39, 0.29) is 0 Å². The van der Waals surface area contributed by atoms with Gasteiger partial charge in [0.15, 0.2) is 0 Å². The molecule has 4 nitrogen and oxygen atoms in total. The number of rotatable bonds is 2. The summed E-state index contributed by atoms with van der Waals surface area (Å²) in [5.41, 5.74) is 4.48. The standard InChI is InChI=1S/C9H9N3O/c13-11-6-7-5-10-8-3-1-2-4-9(8)12-7/h1-5,11,13H,6H2. The number of hydrogen-bond acceptors (Lipinski definition) is 4. The molecule has 0 aliphatic heterocycles. The number of benzene rings is 1. The molecule has 1 aromatic carbocycles. The molecule has 1 aromatic heterocycles. The Balaban J connectivity index is 2.49. The first-order valence-electron chi connectivity index (χ1n) is 3.98. The van der Waals surface area contributed by atoms with Crippen LogP contribution in [0.4, 0.5) is 0 Å². The number of nitrogens with one attached hydrogen (secondary N) is 1. The fourth-order valence-corrected chi connectivity index (χ4v) is 1.16. The van der Waals surface area contributed by atoms with Gasteiger partial charge in [0.1, 0.15) is 0 Å². The summed E-state index contributed by atoms with van der Waals surface area (Å²) < 4.78 is 0. The Morgan fingerprint density at radius 1 is 1.23 bits per heavy atom. The van der Waals surface area contributed by atoms with Gasteiger partial charge < -0.3 is 5.21 Å². The Morgan fingerprint density at radius 3 is 2.77 bits per heavy atom. The normalized spacial score (nSPS) is 10.5. The molecule has 66 valence electrons. The van der Waals surface area contributed by atoms with Crippen molar-refractivity contribution in [1.29, 1.82) is 0 Å². The van der Waals surface area contributed by atoms with Crippen molar-refractivity contribution in [1.82, 2.24) is 15.4 Å². The topological polar surface area (TPSA) is 58.0 Å². The van der Waals surface area contributed by atoms with Crippen molar-refractivity contribution in [2.45, 2.75) is 6.54 Å². The minimum absolute atomic E-state index is 0.317. The van der Waals surface area contributed by atoms with Crippen LogP contribution in [-0.4, -0.2) is 15.2 Å². The van der Waals surface area contributed by atoms with Gasteiger partial charge in [-0.05, 0) is 12.1 Å². The summed E-state index contributed by atoms with van der Waals surface area (Å²) in [7, 11) is 0. The highest BCUT2D eigenvalue weighted by Gasteiger charge is 1.97. The Morgan fingerprint density at radius 2 is 2.00 bits per heavy atom. The third kappa shape index (κ3) is 1.63. The Hall–Kier alpha value is -1.52. The highest BCUT2D eigenvalue weighted by Crippen LogP contribution is 2.07. The molecule has 0 amide bonds. The van der Waals surface area contributed by atoms with Crippen molar-refractivity contribution in [2.24, 2.45) is 0 Å². The number of para-hydroxylation sites is 2. The summed E-state index contributed by atoms with van der Waals surface area (Å²) in [4.78, 5) is 8.47. The molecular formula is C9H9N3O. The number of fused-ring (bicyclic) bond motifs is 1. The molecule has 0 aliphatic rings. The molecule has 2 aromatic rings. The summed E-state index contributed by atoms with van der Waals surface area (Å²) in [5.74, 6) is 0. The summed E-state index contributed by atoms with van der Waals surface area (Å²) in [6.07, 6.45) is 1.64. The maximum atomic E-state index is 8.47. The van der Waals surface area contributed by atoms with Gasteiger partial charge in [-0.1, -0.05) is 12.1 Å². The zero-order chi connectivity index (χ0) is 9.10. The monoisotopic (exact) mass is 175 g/mol. The second-order valence-corrected chi connectivity index (χ2v) is 2.68. The van der Waals surface area contributed by atoms with E-state index in [4.69, 9.17) is 5.21 Å². The van der Waals surface area contributed by atoms with E-state index >= 15 is 0 Å². The molecule has 0 fully saturated rings. The number of hydroxylamine groups is 1. The number of aromatic nitrogens is 2. The molecular weight excluding hydrogens is 166 g/mol. The molecule has 2 N–H and O–H groups in total. The molecule has 0 saturated heterocycles. The van der Waals surface area contributed by atoms with Crippen molar-refractivity contribution >= 4 is 11.0 Å². The summed E-state index contributed by atoms with van der Waals surface area (Å²) >= 11 is 0. The number of hydrogen-bond donors (Lipinski definition) is 2. The predicted molar refractivity (Wildman–Crippen MR) is 48.2 cm³/mol. The summed E-state index contributed by atoms with van der Waals surface area (Å²) in [5, 5.41) is 8.47. The molecule has 4 heteroatoms. The van der Waals surface area contributed by atoms with Gasteiger partial charge >= 0.3 is 0 Å². The Kier molecular flexibility index (Phi) is 2.16. The van der Waals surface area contributed by atoms with Crippen LogP contribution in [0.5, 0.6) is 0 Å². The van der Waals surface area contributed by atoms with Crippen LogP contribution in [0.2, 0.25) is 0 Å². The fourth-order valence-electron chi connectivity index (χ4n) is 1.16. The van der Waals surface area contributed by atoms with E-state index in [0.29, 0.717) is 6.54 Å². The van der Waals surface area contributed by atoms with Crippen LogP contribution in [0.25, 0.3) is 11.0 Å². The SMILES string of the molecule is ONCc1cnc2ccccc2n1. The van der Waals surface area contributed by atoms with Crippen molar-refractivity contribution < 1.29 is 5.21 Å². The zero-order valence-electron chi connectivity index (χ0n) is 6.94. The van der Waals surface area contributed by atoms with E-state index in [1.807, 2.05) is 29.7 Å². The van der Waals surface area contributed by atoms with E-state index in [9.17, 15) is 0 Å². The van der Waals surface area contributed by atoms with Crippen molar-refractivity contribution in [3.05, 3.63) is 36.2 Å². The lowest BCUT2D eigenvalue weighted by Gasteiger charge is -1.99. The smallest absolute Gasteiger partial charge is 0.0890 e. The van der Waals surface area contributed by atoms with Gasteiger partial charge in [0, 0.05) is 0 Å². The van der Waals surface area contributed by atoms with Crippen LogP contribution in [-0.2, 0) is 6.54 Å². The largest absolute Gasteiger partial charge is 0.316 e. The molecule has 1 heterocycles. The molecule has 0 atom stereocenters. The molecule has 0 bridgehead atoms. The van der Waals surface area contributed by atoms with Crippen molar-refractivity contribution in [2.75, 3.05) is 0 Å². The minimum Gasteiger partial charge on any atom is -0.316 e. The Bertz CT molecular complexity index is 416. The quantitative estimate of drug-likeness (QED) is 0.671. The first kappa shape index (κ1) is 8.10. The van der Waals surface area contributed by atoms with Gasteiger partial charge in [-0.15, -0.1) is 0 Å². The molecule has 0 unspecified atom stereocenters. The van der Waals surface area contributed by atoms with E-state index in [0.717, 1.165) is 16.7 Å². The second-order valence-electron chi connectivity index (χ2n) is 2.68. The van der Waals surface area contributed by atoms with Gasteiger partial charge in [0.2, 0.25) is 0 Å². The van der Waals surface area contributed by atoms with E-state index in [1.54, 1.807) is 6.20 Å². The van der Waals surface area contributed by atoms with E-state index in [1.165, 1.54) is 0 Å². The van der Waals surface area contributed by atoms with Crippen molar-refractivity contribution in [3.8, 4) is 0 Å². The van der Waals surface area contributed by atoms with Crippen LogP contribution in [0, 0.1) is 0 Å². The molecule has 0 radical (unpaired) electrons. The summed E-state index contributed by atoms with van der Waals surface area (Å²) in [6.45, 7) is 0.317. The van der Waals surface area contributed by atoms with Crippen LogP contribution in [0.15, 0.2) is 30.5 Å².